The summed E-state index contributed by atoms with van der Waals surface area (Å²) in [5.41, 5.74) is 11.5. The second kappa shape index (κ2) is 7.11. The summed E-state index contributed by atoms with van der Waals surface area (Å²) in [7, 11) is 0. The third kappa shape index (κ3) is 3.40. The van der Waals surface area contributed by atoms with E-state index >= 15 is 0 Å². The van der Waals surface area contributed by atoms with Gasteiger partial charge in [0.1, 0.15) is 0 Å². The molecule has 0 saturated carbocycles. The van der Waals surface area contributed by atoms with Gasteiger partial charge in [-0.15, -0.1) is 13.2 Å². The molecule has 3 aromatic rings. The summed E-state index contributed by atoms with van der Waals surface area (Å²) in [5.74, 6) is 0. The van der Waals surface area contributed by atoms with Crippen molar-refractivity contribution in [2.45, 2.75) is 0 Å². The van der Waals surface area contributed by atoms with Crippen LogP contribution in [0.4, 0.5) is 5.69 Å². The highest BCUT2D eigenvalue weighted by atomic mass is 14.6. The first kappa shape index (κ1) is 14.6. The molecule has 0 saturated heterocycles. The quantitative estimate of drug-likeness (QED) is 0.490. The fourth-order valence-electron chi connectivity index (χ4n) is 2.23. The number of hydrogen-bond donors (Lipinski definition) is 1. The predicted octanol–water partition coefficient (Wildman–Crippen LogP) is 5.41. The Labute approximate surface area is 126 Å². The van der Waals surface area contributed by atoms with E-state index in [2.05, 4.69) is 49.6 Å². The molecule has 1 nitrogen and oxygen atoms in total. The van der Waals surface area contributed by atoms with Crippen LogP contribution in [-0.2, 0) is 0 Å². The van der Waals surface area contributed by atoms with Crippen LogP contribution in [0.1, 0.15) is 0 Å². The van der Waals surface area contributed by atoms with E-state index in [1.165, 1.54) is 11.1 Å². The molecule has 0 bridgehead atoms. The first-order chi connectivity index (χ1) is 10.3. The van der Waals surface area contributed by atoms with Gasteiger partial charge in [-0.2, -0.15) is 0 Å². The van der Waals surface area contributed by atoms with Gasteiger partial charge >= 0.3 is 0 Å². The van der Waals surface area contributed by atoms with Crippen LogP contribution in [-0.4, -0.2) is 0 Å². The lowest BCUT2D eigenvalue weighted by atomic mass is 9.98. The highest BCUT2D eigenvalue weighted by Gasteiger charge is 2.04. The van der Waals surface area contributed by atoms with Crippen LogP contribution in [0.25, 0.3) is 22.3 Å². The molecule has 0 atom stereocenters. The van der Waals surface area contributed by atoms with Crippen LogP contribution in [0.15, 0.2) is 92.0 Å². The Hall–Kier alpha value is -2.80. The minimum atomic E-state index is 0.811. The van der Waals surface area contributed by atoms with Crippen LogP contribution < -0.4 is 5.73 Å². The summed E-state index contributed by atoms with van der Waals surface area (Å²) >= 11 is 0. The van der Waals surface area contributed by atoms with Gasteiger partial charge in [0, 0.05) is 11.3 Å². The SMILES string of the molecule is C=C.Nc1ccc(-c2ccccc2)cc1-c1ccccc1. The second-order valence-electron chi connectivity index (χ2n) is 4.53. The molecule has 0 heterocycles. The molecule has 3 rings (SSSR count). The molecule has 0 amide bonds. The predicted molar refractivity (Wildman–Crippen MR) is 93.0 cm³/mol. The van der Waals surface area contributed by atoms with Gasteiger partial charge in [-0.05, 0) is 28.8 Å². The lowest BCUT2D eigenvalue weighted by molar-refractivity contribution is 1.58. The monoisotopic (exact) mass is 273 g/mol. The third-order valence-corrected chi connectivity index (χ3v) is 3.25. The largest absolute Gasteiger partial charge is 0.398 e. The van der Waals surface area contributed by atoms with E-state index in [1.54, 1.807) is 0 Å². The number of benzene rings is 3. The molecule has 21 heavy (non-hydrogen) atoms. The fraction of sp³-hybridized carbons (Fsp3) is 0. The van der Waals surface area contributed by atoms with Gasteiger partial charge in [-0.25, -0.2) is 0 Å². The summed E-state index contributed by atoms with van der Waals surface area (Å²) in [6.07, 6.45) is 0. The maximum absolute atomic E-state index is 6.10. The van der Waals surface area contributed by atoms with Crippen LogP contribution in [0.2, 0.25) is 0 Å². The van der Waals surface area contributed by atoms with Crippen molar-refractivity contribution in [3.8, 4) is 22.3 Å². The molecule has 104 valence electrons. The molecule has 0 spiro atoms. The highest BCUT2D eigenvalue weighted by Crippen LogP contribution is 2.30. The van der Waals surface area contributed by atoms with Crippen molar-refractivity contribution in [1.29, 1.82) is 0 Å². The smallest absolute Gasteiger partial charge is 0.0394 e. The molecule has 3 aromatic carbocycles. The number of hydrogen-bond acceptors (Lipinski definition) is 1. The van der Waals surface area contributed by atoms with E-state index in [0.29, 0.717) is 0 Å². The topological polar surface area (TPSA) is 26.0 Å². The lowest BCUT2D eigenvalue weighted by Gasteiger charge is -2.09. The van der Waals surface area contributed by atoms with E-state index in [-0.39, 0.29) is 0 Å². The normalized spacial score (nSPS) is 9.52. The van der Waals surface area contributed by atoms with Crippen LogP contribution >= 0.6 is 0 Å². The summed E-state index contributed by atoms with van der Waals surface area (Å²) in [5, 5.41) is 0. The molecule has 0 radical (unpaired) electrons. The molecule has 0 aliphatic carbocycles. The Morgan fingerprint density at radius 2 is 1.10 bits per heavy atom. The Morgan fingerprint density at radius 3 is 1.67 bits per heavy atom. The zero-order valence-corrected chi connectivity index (χ0v) is 12.0. The van der Waals surface area contributed by atoms with Crippen LogP contribution in [0, 0.1) is 0 Å². The molecule has 0 aliphatic rings. The third-order valence-electron chi connectivity index (χ3n) is 3.25. The molecule has 2 N–H and O–H groups in total. The number of nitrogen functional groups attached to an aromatic ring is 1. The average Bonchev–Trinajstić information content (AvgIpc) is 2.59. The van der Waals surface area contributed by atoms with Crippen molar-refractivity contribution < 1.29 is 0 Å². The number of anilines is 1. The summed E-state index contributed by atoms with van der Waals surface area (Å²) < 4.78 is 0. The van der Waals surface area contributed by atoms with Crippen molar-refractivity contribution in [3.05, 3.63) is 92.0 Å². The van der Waals surface area contributed by atoms with E-state index in [1.807, 2.05) is 42.5 Å². The highest BCUT2D eigenvalue weighted by molar-refractivity contribution is 5.81. The van der Waals surface area contributed by atoms with Crippen LogP contribution in [0.5, 0.6) is 0 Å². The summed E-state index contributed by atoms with van der Waals surface area (Å²) in [4.78, 5) is 0. The second-order valence-corrected chi connectivity index (χ2v) is 4.53. The van der Waals surface area contributed by atoms with E-state index < -0.39 is 0 Å². The maximum Gasteiger partial charge on any atom is 0.0394 e. The van der Waals surface area contributed by atoms with Gasteiger partial charge in [0.2, 0.25) is 0 Å². The lowest BCUT2D eigenvalue weighted by Crippen LogP contribution is -1.90. The Balaban J connectivity index is 0.000000774. The standard InChI is InChI=1S/C18H15N.C2H4/c19-18-12-11-16(14-7-3-1-4-8-14)13-17(18)15-9-5-2-6-10-15;1-2/h1-13H,19H2;1-2H2. The summed E-state index contributed by atoms with van der Waals surface area (Å²) in [6.45, 7) is 6.00. The molecule has 0 fully saturated rings. The Kier molecular flexibility index (Phi) is 4.94. The fourth-order valence-corrected chi connectivity index (χ4v) is 2.23. The minimum Gasteiger partial charge on any atom is -0.398 e. The zero-order valence-electron chi connectivity index (χ0n) is 12.0. The van der Waals surface area contributed by atoms with Crippen molar-refractivity contribution >= 4 is 5.69 Å². The van der Waals surface area contributed by atoms with Gasteiger partial charge in [0.05, 0.1) is 0 Å². The van der Waals surface area contributed by atoms with Gasteiger partial charge in [0.25, 0.3) is 0 Å². The van der Waals surface area contributed by atoms with Gasteiger partial charge in [-0.3, -0.25) is 0 Å². The summed E-state index contributed by atoms with van der Waals surface area (Å²) in [6, 6.07) is 26.8. The first-order valence-electron chi connectivity index (χ1n) is 6.85. The first-order valence-corrected chi connectivity index (χ1v) is 6.85. The van der Waals surface area contributed by atoms with Crippen molar-refractivity contribution in [2.24, 2.45) is 0 Å². The van der Waals surface area contributed by atoms with E-state index in [0.717, 1.165) is 16.8 Å². The molecular formula is C20H19N. The zero-order chi connectivity index (χ0) is 15.1. The molecule has 0 aromatic heterocycles. The number of nitrogens with two attached hydrogens (primary N) is 1. The molecule has 1 heteroatoms. The molecule has 0 unspecified atom stereocenters. The average molecular weight is 273 g/mol. The van der Waals surface area contributed by atoms with Crippen molar-refractivity contribution in [1.82, 2.24) is 0 Å². The van der Waals surface area contributed by atoms with Gasteiger partial charge < -0.3 is 5.73 Å². The van der Waals surface area contributed by atoms with Gasteiger partial charge in [-0.1, -0.05) is 66.7 Å². The molecular weight excluding hydrogens is 254 g/mol. The maximum atomic E-state index is 6.10. The van der Waals surface area contributed by atoms with Crippen LogP contribution in [0.3, 0.4) is 0 Å². The van der Waals surface area contributed by atoms with E-state index in [9.17, 15) is 0 Å². The van der Waals surface area contributed by atoms with E-state index in [4.69, 9.17) is 5.73 Å². The Morgan fingerprint density at radius 1 is 0.571 bits per heavy atom. The Bertz CT molecular complexity index is 688. The minimum absolute atomic E-state index is 0.811. The molecule has 0 aliphatic heterocycles. The number of rotatable bonds is 2. The van der Waals surface area contributed by atoms with Gasteiger partial charge in [0.15, 0.2) is 0 Å². The van der Waals surface area contributed by atoms with Crippen molar-refractivity contribution in [2.75, 3.05) is 5.73 Å². The van der Waals surface area contributed by atoms with Crippen molar-refractivity contribution in [3.63, 3.8) is 0 Å².